The lowest BCUT2D eigenvalue weighted by molar-refractivity contribution is -0.153. The fourth-order valence-electron chi connectivity index (χ4n) is 2.39. The number of fused-ring (bicyclic) bond motifs is 1. The van der Waals surface area contributed by atoms with Gasteiger partial charge in [0.25, 0.3) is 5.56 Å². The van der Waals surface area contributed by atoms with E-state index in [-0.39, 0.29) is 5.56 Å². The van der Waals surface area contributed by atoms with Crippen LogP contribution in [-0.2, 0) is 4.79 Å². The highest BCUT2D eigenvalue weighted by Crippen LogP contribution is 2.35. The molecule has 0 aliphatic heterocycles. The van der Waals surface area contributed by atoms with Crippen LogP contribution >= 0.6 is 11.3 Å². The molecule has 0 spiro atoms. The number of aliphatic hydroxyl groups excluding tert-OH is 1. The standard InChI is InChI=1S/C18H16N2O4S/c1-18(2,17(23)24)14(21)10-7-8-19-12(9-10)16-20-15(22)11-5-3-4-6-13(11)25-16/h3-9,14,21H,1-2H3,(H,23,24). The zero-order valence-corrected chi connectivity index (χ0v) is 14.4. The molecule has 0 aliphatic carbocycles. The van der Waals surface area contributed by atoms with Gasteiger partial charge in [0.2, 0.25) is 0 Å². The monoisotopic (exact) mass is 356 g/mol. The van der Waals surface area contributed by atoms with Crippen molar-refractivity contribution >= 4 is 27.4 Å². The average Bonchev–Trinajstić information content (AvgIpc) is 2.61. The second-order valence-electron chi connectivity index (χ2n) is 6.22. The Morgan fingerprint density at radius 3 is 2.68 bits per heavy atom. The first-order valence-corrected chi connectivity index (χ1v) is 8.40. The summed E-state index contributed by atoms with van der Waals surface area (Å²) in [6.45, 7) is 2.90. The van der Waals surface area contributed by atoms with Crippen molar-refractivity contribution < 1.29 is 15.0 Å². The lowest BCUT2D eigenvalue weighted by Gasteiger charge is -2.26. The first kappa shape index (κ1) is 17.2. The van der Waals surface area contributed by atoms with Crippen molar-refractivity contribution in [2.24, 2.45) is 5.41 Å². The Balaban J connectivity index is 2.08. The maximum Gasteiger partial charge on any atom is 0.312 e. The van der Waals surface area contributed by atoms with E-state index in [1.54, 1.807) is 24.3 Å². The molecule has 0 amide bonds. The van der Waals surface area contributed by atoms with Crippen molar-refractivity contribution in [1.82, 2.24) is 9.97 Å². The smallest absolute Gasteiger partial charge is 0.312 e. The maximum atomic E-state index is 12.2. The summed E-state index contributed by atoms with van der Waals surface area (Å²) in [6.07, 6.45) is 0.254. The molecule has 2 aromatic heterocycles. The summed E-state index contributed by atoms with van der Waals surface area (Å²) in [5, 5.41) is 20.7. The fraction of sp³-hybridized carbons (Fsp3) is 0.222. The van der Waals surface area contributed by atoms with E-state index >= 15 is 0 Å². The van der Waals surface area contributed by atoms with Crippen LogP contribution in [0.25, 0.3) is 20.8 Å². The average molecular weight is 356 g/mol. The van der Waals surface area contributed by atoms with E-state index in [9.17, 15) is 19.8 Å². The number of hydrogen-bond donors (Lipinski definition) is 2. The van der Waals surface area contributed by atoms with Gasteiger partial charge in [-0.15, -0.1) is 11.3 Å². The molecular formula is C18H16N2O4S. The van der Waals surface area contributed by atoms with Gasteiger partial charge in [-0.2, -0.15) is 4.98 Å². The molecule has 0 saturated heterocycles. The minimum Gasteiger partial charge on any atom is -0.481 e. The van der Waals surface area contributed by atoms with Crippen LogP contribution < -0.4 is 5.56 Å². The number of nitrogens with zero attached hydrogens (tertiary/aromatic N) is 2. The summed E-state index contributed by atoms with van der Waals surface area (Å²) in [6, 6.07) is 10.3. The predicted octanol–water partition coefficient (Wildman–Crippen LogP) is 2.86. The van der Waals surface area contributed by atoms with Gasteiger partial charge in [0, 0.05) is 10.9 Å². The molecule has 128 valence electrons. The Kier molecular flexibility index (Phi) is 4.36. The lowest BCUT2D eigenvalue weighted by atomic mass is 9.83. The number of hydrogen-bond acceptors (Lipinski definition) is 6. The number of aliphatic hydroxyl groups is 1. The molecule has 0 saturated carbocycles. The van der Waals surface area contributed by atoms with Crippen LogP contribution in [0, 0.1) is 5.41 Å². The van der Waals surface area contributed by atoms with Crippen LogP contribution in [0.5, 0.6) is 0 Å². The summed E-state index contributed by atoms with van der Waals surface area (Å²) in [7, 11) is 0. The molecule has 7 heteroatoms. The normalized spacial score (nSPS) is 12.9. The molecule has 6 nitrogen and oxygen atoms in total. The lowest BCUT2D eigenvalue weighted by Crippen LogP contribution is -2.31. The highest BCUT2D eigenvalue weighted by atomic mass is 32.1. The summed E-state index contributed by atoms with van der Waals surface area (Å²) in [4.78, 5) is 31.8. The van der Waals surface area contributed by atoms with Gasteiger partial charge in [-0.3, -0.25) is 14.6 Å². The Hall–Kier alpha value is -2.64. The number of aliphatic carboxylic acids is 1. The Morgan fingerprint density at radius 2 is 1.96 bits per heavy atom. The highest BCUT2D eigenvalue weighted by Gasteiger charge is 2.37. The molecule has 0 bridgehead atoms. The first-order valence-electron chi connectivity index (χ1n) is 7.58. The molecule has 3 rings (SSSR count). The zero-order chi connectivity index (χ0) is 18.2. The van der Waals surface area contributed by atoms with E-state index in [1.807, 2.05) is 12.1 Å². The summed E-state index contributed by atoms with van der Waals surface area (Å²) in [5.41, 5.74) is -0.872. The third-order valence-electron chi connectivity index (χ3n) is 4.08. The summed E-state index contributed by atoms with van der Waals surface area (Å²) < 4.78 is 0.788. The number of aromatic nitrogens is 2. The van der Waals surface area contributed by atoms with Gasteiger partial charge < -0.3 is 10.2 Å². The third-order valence-corrected chi connectivity index (χ3v) is 5.15. The molecule has 0 radical (unpaired) electrons. The minimum atomic E-state index is -1.36. The van der Waals surface area contributed by atoms with Crippen LogP contribution in [0.1, 0.15) is 25.5 Å². The number of carbonyl (C=O) groups is 1. The molecule has 0 aliphatic rings. The van der Waals surface area contributed by atoms with Crippen LogP contribution in [0.2, 0.25) is 0 Å². The maximum absolute atomic E-state index is 12.2. The molecular weight excluding hydrogens is 340 g/mol. The van der Waals surface area contributed by atoms with Crippen LogP contribution in [0.3, 0.4) is 0 Å². The van der Waals surface area contributed by atoms with Crippen LogP contribution in [0.15, 0.2) is 47.4 Å². The Morgan fingerprint density at radius 1 is 1.24 bits per heavy atom. The second kappa shape index (κ2) is 6.34. The van der Waals surface area contributed by atoms with E-state index in [1.165, 1.54) is 31.4 Å². The molecule has 2 heterocycles. The van der Waals surface area contributed by atoms with Gasteiger partial charge in [-0.25, -0.2) is 0 Å². The van der Waals surface area contributed by atoms with Gasteiger partial charge in [0.05, 0.1) is 22.6 Å². The van der Waals surface area contributed by atoms with Crippen LogP contribution in [0.4, 0.5) is 0 Å². The van der Waals surface area contributed by atoms with Crippen molar-refractivity contribution in [2.75, 3.05) is 0 Å². The molecule has 1 unspecified atom stereocenters. The van der Waals surface area contributed by atoms with Gasteiger partial charge in [0.15, 0.2) is 0 Å². The first-order chi connectivity index (χ1) is 11.8. The number of benzene rings is 1. The summed E-state index contributed by atoms with van der Waals surface area (Å²) in [5.74, 6) is -1.10. The SMILES string of the molecule is CC(C)(C(=O)O)C(O)c1ccnc(-c2nc(=O)c3ccccc3s2)c1. The summed E-state index contributed by atoms with van der Waals surface area (Å²) >= 11 is 1.32. The Labute approximate surface area is 147 Å². The van der Waals surface area contributed by atoms with E-state index in [0.29, 0.717) is 21.7 Å². The molecule has 1 atom stereocenters. The number of carboxylic acids is 1. The van der Waals surface area contributed by atoms with E-state index < -0.39 is 17.5 Å². The molecule has 2 N–H and O–H groups in total. The minimum absolute atomic E-state index is 0.344. The van der Waals surface area contributed by atoms with Gasteiger partial charge in [-0.1, -0.05) is 12.1 Å². The van der Waals surface area contributed by atoms with E-state index in [0.717, 1.165) is 4.70 Å². The highest BCUT2D eigenvalue weighted by molar-refractivity contribution is 7.21. The third kappa shape index (κ3) is 3.16. The largest absolute Gasteiger partial charge is 0.481 e. The predicted molar refractivity (Wildman–Crippen MR) is 95.5 cm³/mol. The van der Waals surface area contributed by atoms with Gasteiger partial charge in [0.1, 0.15) is 5.01 Å². The van der Waals surface area contributed by atoms with Crippen molar-refractivity contribution in [2.45, 2.75) is 20.0 Å². The number of rotatable bonds is 4. The van der Waals surface area contributed by atoms with Crippen molar-refractivity contribution in [3.05, 3.63) is 58.5 Å². The van der Waals surface area contributed by atoms with Gasteiger partial charge in [-0.05, 0) is 43.7 Å². The molecule has 3 aromatic rings. The topological polar surface area (TPSA) is 100 Å². The second-order valence-corrected chi connectivity index (χ2v) is 7.25. The molecule has 1 aromatic carbocycles. The zero-order valence-electron chi connectivity index (χ0n) is 13.6. The van der Waals surface area contributed by atoms with Crippen molar-refractivity contribution in [3.8, 4) is 10.7 Å². The van der Waals surface area contributed by atoms with Crippen molar-refractivity contribution in [1.29, 1.82) is 0 Å². The van der Waals surface area contributed by atoms with Gasteiger partial charge >= 0.3 is 5.97 Å². The van der Waals surface area contributed by atoms with E-state index in [4.69, 9.17) is 0 Å². The fourth-order valence-corrected chi connectivity index (χ4v) is 3.35. The molecule has 0 fully saturated rings. The van der Waals surface area contributed by atoms with Crippen LogP contribution in [-0.4, -0.2) is 26.2 Å². The Bertz CT molecular complexity index is 1010. The molecule has 25 heavy (non-hydrogen) atoms. The number of carboxylic acid groups (broad SMARTS) is 1. The van der Waals surface area contributed by atoms with E-state index in [2.05, 4.69) is 9.97 Å². The quantitative estimate of drug-likeness (QED) is 0.745. The number of pyridine rings is 1. The van der Waals surface area contributed by atoms with Crippen molar-refractivity contribution in [3.63, 3.8) is 0 Å².